The van der Waals surface area contributed by atoms with Gasteiger partial charge in [-0.1, -0.05) is 15.9 Å². The van der Waals surface area contributed by atoms with Crippen LogP contribution in [0.25, 0.3) is 0 Å². The summed E-state index contributed by atoms with van der Waals surface area (Å²) in [6.07, 6.45) is 0. The lowest BCUT2D eigenvalue weighted by atomic mass is 10.1. The summed E-state index contributed by atoms with van der Waals surface area (Å²) in [5.74, 6) is -3.31. The monoisotopic (exact) mass is 336 g/mol. The Balaban J connectivity index is 3.21. The number of rotatable bonds is 4. The maximum absolute atomic E-state index is 13.8. The highest BCUT2D eigenvalue weighted by atomic mass is 79.9. The predicted molar refractivity (Wildman–Crippen MR) is 68.4 cm³/mol. The smallest absolute Gasteiger partial charge is 0.308 e. The maximum atomic E-state index is 13.8. The molecule has 0 bridgehead atoms. The molecule has 0 saturated heterocycles. The Labute approximate surface area is 116 Å². The molecule has 1 aromatic carbocycles. The van der Waals surface area contributed by atoms with E-state index >= 15 is 0 Å². The maximum Gasteiger partial charge on any atom is 0.308 e. The van der Waals surface area contributed by atoms with Gasteiger partial charge in [0.2, 0.25) is 5.82 Å². The number of nitro groups is 1. The lowest BCUT2D eigenvalue weighted by molar-refractivity contribution is -0.387. The van der Waals surface area contributed by atoms with Crippen molar-refractivity contribution in [3.05, 3.63) is 39.4 Å². The molecule has 0 aliphatic heterocycles. The quantitative estimate of drug-likeness (QED) is 0.522. The first kappa shape index (κ1) is 15.5. The van der Waals surface area contributed by atoms with Crippen LogP contribution in [0.5, 0.6) is 0 Å². The highest BCUT2D eigenvalue weighted by Crippen LogP contribution is 2.23. The van der Waals surface area contributed by atoms with Crippen LogP contribution in [0.15, 0.2) is 12.1 Å². The molecule has 1 aromatic rings. The molecule has 0 heterocycles. The topological polar surface area (TPSA) is 72.2 Å². The molecule has 0 aliphatic carbocycles. The molecule has 0 fully saturated rings. The number of nitrogens with one attached hydrogen (secondary N) is 1. The van der Waals surface area contributed by atoms with Gasteiger partial charge in [-0.2, -0.15) is 4.39 Å². The molecule has 0 aliphatic rings. The van der Waals surface area contributed by atoms with Crippen LogP contribution in [0.4, 0.5) is 14.5 Å². The van der Waals surface area contributed by atoms with Crippen molar-refractivity contribution in [3.8, 4) is 0 Å². The fourth-order valence-corrected chi connectivity index (χ4v) is 1.42. The summed E-state index contributed by atoms with van der Waals surface area (Å²) in [5.41, 5.74) is -2.47. The molecule has 0 unspecified atom stereocenters. The van der Waals surface area contributed by atoms with Gasteiger partial charge in [0.05, 0.1) is 16.6 Å². The third kappa shape index (κ3) is 3.69. The summed E-state index contributed by atoms with van der Waals surface area (Å²) in [4.78, 5) is 21.3. The Kier molecular flexibility index (Phi) is 4.56. The van der Waals surface area contributed by atoms with E-state index in [1.165, 1.54) is 0 Å². The van der Waals surface area contributed by atoms with Gasteiger partial charge in [-0.25, -0.2) is 4.39 Å². The molecule has 1 rings (SSSR count). The summed E-state index contributed by atoms with van der Waals surface area (Å²) in [6.45, 7) is 3.32. The van der Waals surface area contributed by atoms with Crippen molar-refractivity contribution in [3.63, 3.8) is 0 Å². The predicted octanol–water partition coefficient (Wildman–Crippen LogP) is 2.78. The Morgan fingerprint density at radius 3 is 2.53 bits per heavy atom. The molecule has 1 amide bonds. The average molecular weight is 337 g/mol. The van der Waals surface area contributed by atoms with E-state index in [1.54, 1.807) is 13.8 Å². The third-order valence-corrected chi connectivity index (χ3v) is 3.65. The normalized spacial score (nSPS) is 11.2. The van der Waals surface area contributed by atoms with Gasteiger partial charge < -0.3 is 5.32 Å². The minimum atomic E-state index is -1.35. The standard InChI is InChI=1S/C11H11BrF2N2O3/c1-11(2,5-12)15-10(17)7-3-6(13)4-8(9(7)14)16(18)19/h3-4H,5H2,1-2H3,(H,15,17). The molecular weight excluding hydrogens is 326 g/mol. The number of halogens is 3. The van der Waals surface area contributed by atoms with E-state index in [-0.39, 0.29) is 0 Å². The van der Waals surface area contributed by atoms with E-state index in [9.17, 15) is 23.7 Å². The Morgan fingerprint density at radius 1 is 1.47 bits per heavy atom. The molecule has 19 heavy (non-hydrogen) atoms. The van der Waals surface area contributed by atoms with Crippen molar-refractivity contribution < 1.29 is 18.5 Å². The van der Waals surface area contributed by atoms with E-state index in [0.717, 1.165) is 0 Å². The second-order valence-corrected chi connectivity index (χ2v) is 5.08. The van der Waals surface area contributed by atoms with Crippen LogP contribution >= 0.6 is 15.9 Å². The van der Waals surface area contributed by atoms with Gasteiger partial charge >= 0.3 is 5.69 Å². The van der Waals surface area contributed by atoms with Crippen LogP contribution in [-0.4, -0.2) is 21.7 Å². The Bertz CT molecular complexity index is 535. The van der Waals surface area contributed by atoms with E-state index in [0.29, 0.717) is 17.5 Å². The lowest BCUT2D eigenvalue weighted by Crippen LogP contribution is -2.45. The largest absolute Gasteiger partial charge is 0.346 e. The fraction of sp³-hybridized carbons (Fsp3) is 0.364. The zero-order valence-electron chi connectivity index (χ0n) is 10.2. The number of nitrogens with zero attached hydrogens (tertiary/aromatic N) is 1. The Hall–Kier alpha value is -1.57. The van der Waals surface area contributed by atoms with Gasteiger partial charge in [0.1, 0.15) is 5.82 Å². The van der Waals surface area contributed by atoms with Crippen molar-refractivity contribution in [1.29, 1.82) is 0 Å². The van der Waals surface area contributed by atoms with Crippen molar-refractivity contribution in [2.75, 3.05) is 5.33 Å². The number of carbonyl (C=O) groups excluding carboxylic acids is 1. The van der Waals surface area contributed by atoms with Crippen molar-refractivity contribution in [2.24, 2.45) is 0 Å². The molecule has 5 nitrogen and oxygen atoms in total. The molecule has 0 atom stereocenters. The SMILES string of the molecule is CC(C)(CBr)NC(=O)c1cc(F)cc([N+](=O)[O-])c1F. The molecule has 8 heteroatoms. The minimum absolute atomic E-state index is 0.380. The summed E-state index contributed by atoms with van der Waals surface area (Å²) in [7, 11) is 0. The number of carbonyl (C=O) groups is 1. The third-order valence-electron chi connectivity index (χ3n) is 2.25. The van der Waals surface area contributed by atoms with Crippen LogP contribution in [0, 0.1) is 21.7 Å². The van der Waals surface area contributed by atoms with Gasteiger partial charge in [-0.05, 0) is 19.9 Å². The number of nitro benzene ring substituents is 1. The second-order valence-electron chi connectivity index (χ2n) is 4.52. The molecule has 0 aromatic heterocycles. The summed E-state index contributed by atoms with van der Waals surface area (Å²) in [6, 6.07) is 1.06. The van der Waals surface area contributed by atoms with Gasteiger partial charge in [0.25, 0.3) is 5.91 Å². The number of hydrogen-bond donors (Lipinski definition) is 1. The highest BCUT2D eigenvalue weighted by molar-refractivity contribution is 9.09. The highest BCUT2D eigenvalue weighted by Gasteiger charge is 2.27. The zero-order valence-corrected chi connectivity index (χ0v) is 11.8. The number of benzene rings is 1. The first-order chi connectivity index (χ1) is 8.68. The van der Waals surface area contributed by atoms with Crippen LogP contribution in [-0.2, 0) is 0 Å². The van der Waals surface area contributed by atoms with E-state index in [2.05, 4.69) is 21.2 Å². The Morgan fingerprint density at radius 2 is 2.05 bits per heavy atom. The van der Waals surface area contributed by atoms with Crippen LogP contribution in [0.2, 0.25) is 0 Å². The van der Waals surface area contributed by atoms with E-state index in [1.807, 2.05) is 0 Å². The molecule has 0 radical (unpaired) electrons. The number of amides is 1. The van der Waals surface area contributed by atoms with Crippen LogP contribution in [0.3, 0.4) is 0 Å². The molecule has 0 saturated carbocycles. The van der Waals surface area contributed by atoms with Crippen LogP contribution < -0.4 is 5.32 Å². The van der Waals surface area contributed by atoms with Gasteiger partial charge in [0, 0.05) is 10.9 Å². The first-order valence-corrected chi connectivity index (χ1v) is 6.32. The minimum Gasteiger partial charge on any atom is -0.346 e. The molecule has 104 valence electrons. The summed E-state index contributed by atoms with van der Waals surface area (Å²) < 4.78 is 26.9. The first-order valence-electron chi connectivity index (χ1n) is 5.20. The number of hydrogen-bond acceptors (Lipinski definition) is 3. The van der Waals surface area contributed by atoms with Crippen LogP contribution in [0.1, 0.15) is 24.2 Å². The lowest BCUT2D eigenvalue weighted by Gasteiger charge is -2.23. The van der Waals surface area contributed by atoms with Crippen molar-refractivity contribution in [2.45, 2.75) is 19.4 Å². The van der Waals surface area contributed by atoms with E-state index in [4.69, 9.17) is 0 Å². The van der Waals surface area contributed by atoms with Crippen molar-refractivity contribution in [1.82, 2.24) is 5.32 Å². The fourth-order valence-electron chi connectivity index (χ4n) is 1.28. The van der Waals surface area contributed by atoms with E-state index < -0.39 is 39.3 Å². The van der Waals surface area contributed by atoms with Gasteiger partial charge in [-0.15, -0.1) is 0 Å². The zero-order chi connectivity index (χ0) is 14.8. The average Bonchev–Trinajstić information content (AvgIpc) is 2.30. The van der Waals surface area contributed by atoms with Crippen molar-refractivity contribution >= 4 is 27.5 Å². The number of alkyl halides is 1. The molecule has 1 N–H and O–H groups in total. The summed E-state index contributed by atoms with van der Waals surface area (Å²) >= 11 is 3.15. The van der Waals surface area contributed by atoms with Gasteiger partial charge in [0.15, 0.2) is 0 Å². The van der Waals surface area contributed by atoms with Gasteiger partial charge in [-0.3, -0.25) is 14.9 Å². The second kappa shape index (κ2) is 5.60. The molecule has 0 spiro atoms. The molecular formula is C11H11BrF2N2O3. The summed E-state index contributed by atoms with van der Waals surface area (Å²) in [5, 5.41) is 13.4.